The molecule has 0 aromatic heterocycles. The molecule has 1 aromatic carbocycles. The lowest BCUT2D eigenvalue weighted by Gasteiger charge is -2.66. The van der Waals surface area contributed by atoms with Gasteiger partial charge in [0.15, 0.2) is 18.4 Å². The molecule has 1 aromatic rings. The summed E-state index contributed by atoms with van der Waals surface area (Å²) in [6.45, 7) is 4.48. The van der Waals surface area contributed by atoms with Crippen LogP contribution < -0.4 is 0 Å². The lowest BCUT2D eigenvalue weighted by molar-refractivity contribution is -0.372. The number of allylic oxidation sites excluding steroid dienone is 1. The fourth-order valence-electron chi connectivity index (χ4n) is 8.66. The summed E-state index contributed by atoms with van der Waals surface area (Å²) in [7, 11) is 0. The largest absolute Gasteiger partial charge is 0.341 e. The molecule has 33 heavy (non-hydrogen) atoms. The van der Waals surface area contributed by atoms with Crippen LogP contribution in [0, 0.1) is 22.7 Å². The zero-order valence-corrected chi connectivity index (χ0v) is 19.5. The number of benzene rings is 1. The van der Waals surface area contributed by atoms with Crippen LogP contribution in [0.15, 0.2) is 42.0 Å². The summed E-state index contributed by atoms with van der Waals surface area (Å²) in [5.41, 5.74) is -0.0262. The van der Waals surface area contributed by atoms with Crippen molar-refractivity contribution in [3.05, 3.63) is 47.5 Å². The van der Waals surface area contributed by atoms with Gasteiger partial charge in [-0.25, -0.2) is 0 Å². The SMILES string of the molecule is C[C@]12CC[C@H]3[C@@H](CCC4=CC(=O)CC[C@@]43C)[C@]13CC[C@]2(C(=O)C=O)OC(c1ccccc1)O3. The monoisotopic (exact) mass is 448 g/mol. The molecule has 5 heteroatoms. The first kappa shape index (κ1) is 21.4. The molecule has 5 nitrogen and oxygen atoms in total. The molecular weight excluding hydrogens is 416 g/mol. The number of aldehydes is 1. The van der Waals surface area contributed by atoms with E-state index in [2.05, 4.69) is 13.8 Å². The van der Waals surface area contributed by atoms with E-state index in [1.807, 2.05) is 36.4 Å². The molecule has 1 heterocycles. The molecule has 3 saturated carbocycles. The molecule has 1 unspecified atom stereocenters. The second-order valence-electron chi connectivity index (χ2n) is 11.4. The highest BCUT2D eigenvalue weighted by Crippen LogP contribution is 2.74. The maximum absolute atomic E-state index is 13.3. The summed E-state index contributed by atoms with van der Waals surface area (Å²) in [4.78, 5) is 37.3. The van der Waals surface area contributed by atoms with Crippen LogP contribution in [0.1, 0.15) is 77.1 Å². The molecule has 0 N–H and O–H groups in total. The summed E-state index contributed by atoms with van der Waals surface area (Å²) in [6, 6.07) is 9.79. The molecule has 174 valence electrons. The summed E-state index contributed by atoms with van der Waals surface area (Å²) >= 11 is 0. The highest BCUT2D eigenvalue weighted by atomic mass is 16.7. The lowest BCUT2D eigenvalue weighted by Crippen LogP contribution is -2.70. The van der Waals surface area contributed by atoms with Crippen molar-refractivity contribution < 1.29 is 23.9 Å². The summed E-state index contributed by atoms with van der Waals surface area (Å²) in [6.07, 6.45) is 8.05. The van der Waals surface area contributed by atoms with Crippen molar-refractivity contribution >= 4 is 17.9 Å². The van der Waals surface area contributed by atoms with Gasteiger partial charge in [0.2, 0.25) is 5.78 Å². The molecule has 1 aliphatic heterocycles. The minimum Gasteiger partial charge on any atom is -0.341 e. The quantitative estimate of drug-likeness (QED) is 0.486. The van der Waals surface area contributed by atoms with Crippen molar-refractivity contribution in [1.29, 1.82) is 0 Å². The van der Waals surface area contributed by atoms with Gasteiger partial charge in [0, 0.05) is 17.4 Å². The number of ether oxygens (including phenoxy) is 2. The van der Waals surface area contributed by atoms with Crippen molar-refractivity contribution in [3.63, 3.8) is 0 Å². The third kappa shape index (κ3) is 2.53. The van der Waals surface area contributed by atoms with Gasteiger partial charge in [-0.3, -0.25) is 14.4 Å². The van der Waals surface area contributed by atoms with Crippen molar-refractivity contribution in [2.75, 3.05) is 0 Å². The third-order valence-corrected chi connectivity index (χ3v) is 10.4. The van der Waals surface area contributed by atoms with Gasteiger partial charge in [-0.15, -0.1) is 0 Å². The molecule has 0 radical (unpaired) electrons. The Bertz CT molecular complexity index is 1060. The Balaban J connectivity index is 1.48. The number of fused-ring (bicyclic) bond motifs is 3. The van der Waals surface area contributed by atoms with Gasteiger partial charge in [0.25, 0.3) is 0 Å². The highest BCUT2D eigenvalue weighted by molar-refractivity contribution is 6.29. The number of Topliss-reactive ketones (excluding diaryl/α,β-unsaturated/α-hetero) is 1. The molecule has 5 aliphatic rings. The topological polar surface area (TPSA) is 69.7 Å². The Kier molecular flexibility index (Phi) is 4.52. The first-order chi connectivity index (χ1) is 15.8. The number of rotatable bonds is 3. The molecule has 6 rings (SSSR count). The molecule has 4 fully saturated rings. The van der Waals surface area contributed by atoms with E-state index in [0.29, 0.717) is 25.0 Å². The third-order valence-electron chi connectivity index (χ3n) is 10.4. The van der Waals surface area contributed by atoms with Crippen molar-refractivity contribution in [3.8, 4) is 0 Å². The van der Waals surface area contributed by atoms with Crippen LogP contribution in [-0.4, -0.2) is 29.1 Å². The van der Waals surface area contributed by atoms with Crippen molar-refractivity contribution in [1.82, 2.24) is 0 Å². The van der Waals surface area contributed by atoms with Crippen LogP contribution in [0.25, 0.3) is 0 Å². The molecule has 0 spiro atoms. The minimum absolute atomic E-state index is 0.00324. The lowest BCUT2D eigenvalue weighted by atomic mass is 9.44. The predicted octanol–water partition coefficient (Wildman–Crippen LogP) is 4.89. The molecule has 0 amide bonds. The first-order valence-corrected chi connectivity index (χ1v) is 12.4. The van der Waals surface area contributed by atoms with E-state index in [4.69, 9.17) is 9.47 Å². The second-order valence-corrected chi connectivity index (χ2v) is 11.4. The maximum atomic E-state index is 13.3. The van der Waals surface area contributed by atoms with Gasteiger partial charge in [-0.05, 0) is 68.3 Å². The number of carbonyl (C=O) groups excluding carboxylic acids is 3. The average Bonchev–Trinajstić information content (AvgIpc) is 2.95. The second kappa shape index (κ2) is 6.96. The molecule has 4 aliphatic carbocycles. The average molecular weight is 449 g/mol. The summed E-state index contributed by atoms with van der Waals surface area (Å²) in [5.74, 6) is 0.474. The molecule has 1 saturated heterocycles. The van der Waals surface area contributed by atoms with Crippen LogP contribution in [0.4, 0.5) is 0 Å². The molecule has 2 bridgehead atoms. The highest BCUT2D eigenvalue weighted by Gasteiger charge is 2.78. The predicted molar refractivity (Wildman–Crippen MR) is 121 cm³/mol. The van der Waals surface area contributed by atoms with E-state index in [1.165, 1.54) is 5.57 Å². The van der Waals surface area contributed by atoms with Gasteiger partial charge in [0.05, 0.1) is 5.60 Å². The van der Waals surface area contributed by atoms with Crippen LogP contribution in [0.5, 0.6) is 0 Å². The Morgan fingerprint density at radius 2 is 1.76 bits per heavy atom. The van der Waals surface area contributed by atoms with Crippen LogP contribution in [0.3, 0.4) is 0 Å². The van der Waals surface area contributed by atoms with Gasteiger partial charge in [-0.2, -0.15) is 0 Å². The Morgan fingerprint density at radius 1 is 0.970 bits per heavy atom. The van der Waals surface area contributed by atoms with Crippen LogP contribution in [-0.2, 0) is 23.9 Å². The number of hydrogen-bond donors (Lipinski definition) is 0. The van der Waals surface area contributed by atoms with Gasteiger partial charge >= 0.3 is 0 Å². The fourth-order valence-corrected chi connectivity index (χ4v) is 8.66. The van der Waals surface area contributed by atoms with Crippen molar-refractivity contribution in [2.45, 2.75) is 82.7 Å². The van der Waals surface area contributed by atoms with Crippen LogP contribution >= 0.6 is 0 Å². The van der Waals surface area contributed by atoms with Crippen LogP contribution in [0.2, 0.25) is 0 Å². The number of ketones is 2. The normalized spacial score (nSPS) is 45.9. The van der Waals surface area contributed by atoms with E-state index >= 15 is 0 Å². The standard InChI is InChI=1S/C28H32O5/c1-25-12-10-20(30)16-19(25)8-9-22-21(25)11-13-26(2)27(22)14-15-28(26,23(31)17-29)33-24(32-27)18-6-4-3-5-7-18/h3-7,16-17,21-22,24H,8-15H2,1-2H3/t21-,22+,24?,25-,26-,27+,28+/m0/s1. The Hall–Kier alpha value is -2.11. The summed E-state index contributed by atoms with van der Waals surface area (Å²) in [5, 5.41) is 0. The van der Waals surface area contributed by atoms with E-state index in [-0.39, 0.29) is 17.1 Å². The van der Waals surface area contributed by atoms with E-state index in [9.17, 15) is 14.4 Å². The smallest absolute Gasteiger partial charge is 0.227 e. The molecular formula is C28H32O5. The zero-order chi connectivity index (χ0) is 23.1. The maximum Gasteiger partial charge on any atom is 0.227 e. The van der Waals surface area contributed by atoms with E-state index < -0.39 is 28.7 Å². The van der Waals surface area contributed by atoms with Gasteiger partial charge in [0.1, 0.15) is 5.60 Å². The van der Waals surface area contributed by atoms with E-state index in [0.717, 1.165) is 44.1 Å². The van der Waals surface area contributed by atoms with Gasteiger partial charge < -0.3 is 9.47 Å². The first-order valence-electron chi connectivity index (χ1n) is 12.4. The minimum atomic E-state index is -1.14. The number of carbonyl (C=O) groups is 3. The number of hydrogen-bond acceptors (Lipinski definition) is 5. The molecule has 7 atom stereocenters. The van der Waals surface area contributed by atoms with Crippen molar-refractivity contribution in [2.24, 2.45) is 22.7 Å². The Morgan fingerprint density at radius 3 is 2.52 bits per heavy atom. The van der Waals surface area contributed by atoms with E-state index in [1.54, 1.807) is 0 Å². The summed E-state index contributed by atoms with van der Waals surface area (Å²) < 4.78 is 13.6. The zero-order valence-electron chi connectivity index (χ0n) is 19.5. The Labute approximate surface area is 194 Å². The fraction of sp³-hybridized carbons (Fsp3) is 0.607. The van der Waals surface area contributed by atoms with Gasteiger partial charge in [-0.1, -0.05) is 49.8 Å².